The van der Waals surface area contributed by atoms with E-state index < -0.39 is 59.7 Å². The number of cyclic esters (lactones) is 1. The van der Waals surface area contributed by atoms with Gasteiger partial charge in [0.05, 0.1) is 29.8 Å². The highest BCUT2D eigenvalue weighted by Gasteiger charge is 2.50. The smallest absolute Gasteiger partial charge is 0.309 e. The minimum atomic E-state index is -1.74. The van der Waals surface area contributed by atoms with E-state index in [0.29, 0.717) is 31.4 Å². The molecule has 2 aliphatic rings. The highest BCUT2D eigenvalue weighted by Crippen LogP contribution is 2.39. The van der Waals surface area contributed by atoms with Crippen LogP contribution in [-0.4, -0.2) is 113 Å². The molecule has 3 N–H and O–H groups in total. The summed E-state index contributed by atoms with van der Waals surface area (Å²) in [6, 6.07) is -0.158. The second kappa shape index (κ2) is 15.9. The lowest BCUT2D eigenvalue weighted by atomic mass is 9.74. The van der Waals surface area contributed by atoms with Gasteiger partial charge in [0.25, 0.3) is 0 Å². The Morgan fingerprint density at radius 2 is 1.68 bits per heavy atom. The van der Waals surface area contributed by atoms with Gasteiger partial charge in [-0.15, -0.1) is 0 Å². The number of rotatable bonds is 6. The minimum absolute atomic E-state index is 0.138. The molecule has 0 saturated carbocycles. The monoisotopic (exact) mass is 627 g/mol. The normalized spacial score (nSPS) is 44.2. The third kappa shape index (κ3) is 9.08. The summed E-state index contributed by atoms with van der Waals surface area (Å²) in [5.41, 5.74) is -1.36. The molecule has 0 radical (unpaired) electrons. The van der Waals surface area contributed by atoms with Crippen LogP contribution < -0.4 is 0 Å². The number of methoxy groups -OCH3 is 1. The molecule has 0 aromatic rings. The second-order valence-corrected chi connectivity index (χ2v) is 14.2. The van der Waals surface area contributed by atoms with Crippen LogP contribution in [0.3, 0.4) is 0 Å². The zero-order valence-electron chi connectivity index (χ0n) is 29.4. The van der Waals surface area contributed by atoms with Crippen LogP contribution in [0.5, 0.6) is 0 Å². The standard InChI is InChI=1S/C33H61N3O8/c1-14-25-33(10,40)28(38)23(8)26(35-34-18(2)3)21(6)17-32(9,41-13)29(19(4)15-20(5)30(39)43-25)44-31-27(37)24(36(11)12)16-22(7)42-31/h19-25,27-29,31,37-38,40H,14-17H2,1-13H3/b35-26+/t19-,20+,21+,22?,23-,24?,25+,27?,28+,29+,31?,32+,33+/m0/s1. The van der Waals surface area contributed by atoms with E-state index in [2.05, 4.69) is 10.2 Å². The first-order chi connectivity index (χ1) is 20.3. The molecule has 0 aromatic heterocycles. The molecule has 2 fully saturated rings. The van der Waals surface area contributed by atoms with Gasteiger partial charge in [-0.2, -0.15) is 10.2 Å². The maximum atomic E-state index is 13.4. The molecule has 11 nitrogen and oxygen atoms in total. The van der Waals surface area contributed by atoms with Gasteiger partial charge >= 0.3 is 5.97 Å². The van der Waals surface area contributed by atoms with Crippen molar-refractivity contribution in [2.24, 2.45) is 33.9 Å². The summed E-state index contributed by atoms with van der Waals surface area (Å²) in [6.07, 6.45) is -3.01. The number of hydrogen-bond acceptors (Lipinski definition) is 11. The molecule has 0 bridgehead atoms. The summed E-state index contributed by atoms with van der Waals surface area (Å²) in [4.78, 5) is 15.4. The largest absolute Gasteiger partial charge is 0.459 e. The lowest BCUT2D eigenvalue weighted by Gasteiger charge is -2.47. The van der Waals surface area contributed by atoms with E-state index >= 15 is 0 Å². The van der Waals surface area contributed by atoms with Crippen molar-refractivity contribution < 1.29 is 39.1 Å². The highest BCUT2D eigenvalue weighted by atomic mass is 16.7. The van der Waals surface area contributed by atoms with Crippen molar-refractivity contribution >= 4 is 17.4 Å². The summed E-state index contributed by atoms with van der Waals surface area (Å²) >= 11 is 0. The highest BCUT2D eigenvalue weighted by molar-refractivity contribution is 5.90. The second-order valence-electron chi connectivity index (χ2n) is 14.2. The van der Waals surface area contributed by atoms with Crippen LogP contribution >= 0.6 is 0 Å². The van der Waals surface area contributed by atoms with Crippen molar-refractivity contribution in [1.82, 2.24) is 4.90 Å². The Morgan fingerprint density at radius 3 is 2.20 bits per heavy atom. The zero-order valence-corrected chi connectivity index (χ0v) is 29.4. The lowest BCUT2D eigenvalue weighted by molar-refractivity contribution is -0.297. The van der Waals surface area contributed by atoms with E-state index in [4.69, 9.17) is 18.9 Å². The van der Waals surface area contributed by atoms with E-state index in [1.54, 1.807) is 21.0 Å². The quantitative estimate of drug-likeness (QED) is 0.228. The molecule has 2 aliphatic heterocycles. The fraction of sp³-hybridized carbons (Fsp3) is 0.909. The van der Waals surface area contributed by atoms with Gasteiger partial charge in [0.1, 0.15) is 17.8 Å². The maximum Gasteiger partial charge on any atom is 0.309 e. The van der Waals surface area contributed by atoms with Crippen molar-refractivity contribution in [2.75, 3.05) is 21.2 Å². The average molecular weight is 628 g/mol. The molecule has 11 heteroatoms. The van der Waals surface area contributed by atoms with E-state index in [1.165, 1.54) is 6.92 Å². The van der Waals surface area contributed by atoms with Gasteiger partial charge in [-0.3, -0.25) is 4.79 Å². The summed E-state index contributed by atoms with van der Waals surface area (Å²) in [5.74, 6) is -2.15. The van der Waals surface area contributed by atoms with Crippen molar-refractivity contribution in [3.05, 3.63) is 0 Å². The Balaban J connectivity index is 2.68. The Hall–Kier alpha value is -1.47. The third-order valence-electron chi connectivity index (χ3n) is 9.67. The van der Waals surface area contributed by atoms with Crippen molar-refractivity contribution in [3.8, 4) is 0 Å². The molecular weight excluding hydrogens is 566 g/mol. The molecule has 0 amide bonds. The first-order valence-electron chi connectivity index (χ1n) is 16.2. The van der Waals surface area contributed by atoms with Gasteiger partial charge in [0, 0.05) is 30.5 Å². The molecule has 44 heavy (non-hydrogen) atoms. The van der Waals surface area contributed by atoms with Crippen LogP contribution in [0.4, 0.5) is 0 Å². The van der Waals surface area contributed by atoms with Crippen LogP contribution in [0, 0.1) is 23.7 Å². The predicted octanol–water partition coefficient (Wildman–Crippen LogP) is 3.81. The SMILES string of the molecule is CC[C@H]1OC(=O)[C@H](C)C[C@H](C)[C@@H](OC2OC(C)CC(N(C)C)C2O)[C@](C)(OC)C[C@@H](C)/C(=N\N=C(C)C)[C@H](C)[C@@H](O)[C@]1(C)O. The first kappa shape index (κ1) is 38.7. The number of aliphatic hydroxyl groups excluding tert-OH is 2. The van der Waals surface area contributed by atoms with Crippen LogP contribution in [0.2, 0.25) is 0 Å². The van der Waals surface area contributed by atoms with E-state index in [-0.39, 0.29) is 24.0 Å². The number of ether oxygens (including phenoxy) is 4. The third-order valence-corrected chi connectivity index (χ3v) is 9.67. The molecule has 256 valence electrons. The number of nitrogens with zero attached hydrogens (tertiary/aromatic N) is 3. The van der Waals surface area contributed by atoms with Crippen LogP contribution in [0.15, 0.2) is 10.2 Å². The average Bonchev–Trinajstić information content (AvgIpc) is 2.94. The van der Waals surface area contributed by atoms with Crippen molar-refractivity contribution in [2.45, 2.75) is 149 Å². The van der Waals surface area contributed by atoms with Crippen LogP contribution in [-0.2, 0) is 23.7 Å². The lowest BCUT2D eigenvalue weighted by Crippen LogP contribution is -2.59. The summed E-state index contributed by atoms with van der Waals surface area (Å²) in [7, 11) is 5.48. The Labute approximate surface area is 265 Å². The first-order valence-corrected chi connectivity index (χ1v) is 16.2. The topological polar surface area (TPSA) is 143 Å². The Morgan fingerprint density at radius 1 is 1.07 bits per heavy atom. The Bertz CT molecular complexity index is 1000. The fourth-order valence-electron chi connectivity index (χ4n) is 7.01. The number of likely N-dealkylation sites (N-methyl/N-ethyl adjacent to an activating group) is 1. The number of carbonyl (C=O) groups is 1. The summed E-state index contributed by atoms with van der Waals surface area (Å²) in [6.45, 7) is 18.5. The molecule has 0 aromatic carbocycles. The number of aliphatic hydroxyl groups is 3. The molecule has 2 saturated heterocycles. The van der Waals surface area contributed by atoms with Crippen molar-refractivity contribution in [3.63, 3.8) is 0 Å². The maximum absolute atomic E-state index is 13.4. The predicted molar refractivity (Wildman–Crippen MR) is 172 cm³/mol. The van der Waals surface area contributed by atoms with Gasteiger partial charge in [0.2, 0.25) is 0 Å². The Kier molecular flexibility index (Phi) is 14.0. The zero-order chi connectivity index (χ0) is 33.7. The van der Waals surface area contributed by atoms with Crippen molar-refractivity contribution in [1.29, 1.82) is 0 Å². The van der Waals surface area contributed by atoms with Gasteiger partial charge in [-0.1, -0.05) is 34.6 Å². The van der Waals surface area contributed by atoms with Crippen LogP contribution in [0.1, 0.15) is 94.9 Å². The van der Waals surface area contributed by atoms with E-state index in [0.717, 1.165) is 5.71 Å². The fourth-order valence-corrected chi connectivity index (χ4v) is 7.01. The molecular formula is C33H61N3O8. The van der Waals surface area contributed by atoms with E-state index in [9.17, 15) is 20.1 Å². The summed E-state index contributed by atoms with van der Waals surface area (Å²) in [5, 5.41) is 43.4. The van der Waals surface area contributed by atoms with Gasteiger partial charge < -0.3 is 39.2 Å². The molecule has 4 unspecified atom stereocenters. The molecule has 13 atom stereocenters. The number of esters is 1. The van der Waals surface area contributed by atoms with Gasteiger partial charge in [-0.25, -0.2) is 0 Å². The molecule has 2 heterocycles. The van der Waals surface area contributed by atoms with Gasteiger partial charge in [0.15, 0.2) is 6.29 Å². The number of carbonyl (C=O) groups excluding carboxylic acids is 1. The molecule has 0 aliphatic carbocycles. The number of hydrogen-bond donors (Lipinski definition) is 3. The minimum Gasteiger partial charge on any atom is -0.459 e. The molecule has 0 spiro atoms. The van der Waals surface area contributed by atoms with E-state index in [1.807, 2.05) is 67.5 Å². The summed E-state index contributed by atoms with van der Waals surface area (Å²) < 4.78 is 25.0. The van der Waals surface area contributed by atoms with Crippen LogP contribution in [0.25, 0.3) is 0 Å². The van der Waals surface area contributed by atoms with Gasteiger partial charge in [-0.05, 0) is 86.2 Å². The molecule has 2 rings (SSSR count).